The maximum atomic E-state index is 6.24. The van der Waals surface area contributed by atoms with Crippen molar-refractivity contribution in [3.05, 3.63) is 25.3 Å². The molecule has 3 heteroatoms. The van der Waals surface area contributed by atoms with Crippen LogP contribution in [-0.2, 0) is 9.16 Å². The first-order chi connectivity index (χ1) is 10.2. The maximum Gasteiger partial charge on any atom is 0.191 e. The molecule has 2 nitrogen and oxygen atoms in total. The number of unbranched alkanes of at least 4 members (excludes halogenated alkanes) is 1. The third-order valence-corrected chi connectivity index (χ3v) is 9.96. The molecule has 0 amide bonds. The van der Waals surface area contributed by atoms with Crippen LogP contribution in [0, 0.1) is 11.8 Å². The lowest BCUT2D eigenvalue weighted by Crippen LogP contribution is -2.40. The summed E-state index contributed by atoms with van der Waals surface area (Å²) in [4.78, 5) is 0. The van der Waals surface area contributed by atoms with Crippen molar-refractivity contribution in [1.29, 1.82) is 0 Å². The van der Waals surface area contributed by atoms with Gasteiger partial charge in [0.2, 0.25) is 0 Å². The van der Waals surface area contributed by atoms with Gasteiger partial charge < -0.3 is 9.16 Å². The molecule has 1 aliphatic heterocycles. The summed E-state index contributed by atoms with van der Waals surface area (Å²) in [7, 11) is -1.59. The van der Waals surface area contributed by atoms with Gasteiger partial charge in [0.25, 0.3) is 0 Å². The van der Waals surface area contributed by atoms with E-state index in [1.807, 2.05) is 6.08 Å². The molecule has 0 aliphatic carbocycles. The minimum Gasteiger partial charge on any atom is -0.417 e. The summed E-state index contributed by atoms with van der Waals surface area (Å²) in [6.07, 6.45) is 8.90. The van der Waals surface area contributed by atoms with E-state index in [9.17, 15) is 0 Å². The van der Waals surface area contributed by atoms with Crippen LogP contribution in [0.5, 0.6) is 0 Å². The molecule has 0 bridgehead atoms. The molecule has 22 heavy (non-hydrogen) atoms. The van der Waals surface area contributed by atoms with Gasteiger partial charge >= 0.3 is 0 Å². The molecule has 1 rings (SSSR count). The van der Waals surface area contributed by atoms with Crippen molar-refractivity contribution in [2.24, 2.45) is 11.8 Å². The van der Waals surface area contributed by atoms with Crippen LogP contribution in [0.4, 0.5) is 0 Å². The zero-order valence-electron chi connectivity index (χ0n) is 15.4. The van der Waals surface area contributed by atoms with Gasteiger partial charge in [-0.05, 0) is 49.7 Å². The highest BCUT2D eigenvalue weighted by molar-refractivity contribution is 6.74. The van der Waals surface area contributed by atoms with Crippen LogP contribution in [0.1, 0.15) is 46.5 Å². The Kier molecular flexibility index (Phi) is 7.56. The summed E-state index contributed by atoms with van der Waals surface area (Å²) < 4.78 is 12.2. The summed E-state index contributed by atoms with van der Waals surface area (Å²) in [5.74, 6) is 1.06. The Morgan fingerprint density at radius 3 is 2.45 bits per heavy atom. The summed E-state index contributed by atoms with van der Waals surface area (Å²) in [5, 5.41) is 0.299. The van der Waals surface area contributed by atoms with Gasteiger partial charge in [0.1, 0.15) is 0 Å². The van der Waals surface area contributed by atoms with Gasteiger partial charge in [0, 0.05) is 12.5 Å². The fourth-order valence-electron chi connectivity index (χ4n) is 2.81. The first kappa shape index (κ1) is 19.7. The van der Waals surface area contributed by atoms with Gasteiger partial charge in [0.05, 0.1) is 12.7 Å². The highest BCUT2D eigenvalue weighted by atomic mass is 28.4. The van der Waals surface area contributed by atoms with Gasteiger partial charge in [-0.2, -0.15) is 0 Å². The van der Waals surface area contributed by atoms with Crippen molar-refractivity contribution in [1.82, 2.24) is 0 Å². The second-order valence-corrected chi connectivity index (χ2v) is 12.9. The normalized spacial score (nSPS) is 26.1. The Hall–Kier alpha value is -0.383. The Balaban J connectivity index is 2.30. The van der Waals surface area contributed by atoms with E-state index in [1.54, 1.807) is 0 Å². The molecule has 0 radical (unpaired) electrons. The molecule has 0 N–H and O–H groups in total. The van der Waals surface area contributed by atoms with E-state index in [0.29, 0.717) is 23.0 Å². The SMILES string of the molecule is C=CC[C@H]1[C@H](C=C)CO[C@@H]1CCCCO[Si](C)(C)C(C)(C)C. The van der Waals surface area contributed by atoms with Crippen molar-refractivity contribution >= 4 is 8.32 Å². The summed E-state index contributed by atoms with van der Waals surface area (Å²) in [6, 6.07) is 0. The van der Waals surface area contributed by atoms with Crippen molar-refractivity contribution in [3.63, 3.8) is 0 Å². The first-order valence-corrected chi connectivity index (χ1v) is 11.6. The highest BCUT2D eigenvalue weighted by Gasteiger charge is 2.37. The van der Waals surface area contributed by atoms with Crippen LogP contribution in [0.25, 0.3) is 0 Å². The standard InChI is InChI=1S/C19H36O2Si/c1-8-12-17-16(9-2)15-20-18(17)13-10-11-14-21-22(6,7)19(3,4)5/h8-9,16-18H,1-2,10-15H2,3-7H3/t16-,17+,18-/m1/s1. The minimum absolute atomic E-state index is 0.299. The Morgan fingerprint density at radius 2 is 1.91 bits per heavy atom. The first-order valence-electron chi connectivity index (χ1n) is 8.72. The lowest BCUT2D eigenvalue weighted by Gasteiger charge is -2.36. The van der Waals surface area contributed by atoms with Crippen LogP contribution in [0.15, 0.2) is 25.3 Å². The zero-order valence-corrected chi connectivity index (χ0v) is 16.4. The molecular weight excluding hydrogens is 288 g/mol. The Bertz CT molecular complexity index is 357. The molecule has 0 unspecified atom stereocenters. The van der Waals surface area contributed by atoms with E-state index in [4.69, 9.17) is 9.16 Å². The average molecular weight is 325 g/mol. The molecule has 0 aromatic carbocycles. The second-order valence-electron chi connectivity index (χ2n) is 8.06. The van der Waals surface area contributed by atoms with Crippen LogP contribution in [0.3, 0.4) is 0 Å². The number of ether oxygens (including phenoxy) is 1. The van der Waals surface area contributed by atoms with E-state index < -0.39 is 8.32 Å². The molecule has 0 aromatic heterocycles. The third kappa shape index (κ3) is 5.36. The quantitative estimate of drug-likeness (QED) is 0.313. The predicted molar refractivity (Wildman–Crippen MR) is 98.7 cm³/mol. The molecular formula is C19H36O2Si. The number of allylic oxidation sites excluding steroid dienone is 1. The van der Waals surface area contributed by atoms with Crippen molar-refractivity contribution in [2.75, 3.05) is 13.2 Å². The summed E-state index contributed by atoms with van der Waals surface area (Å²) in [6.45, 7) is 21.1. The van der Waals surface area contributed by atoms with Gasteiger partial charge in [-0.15, -0.1) is 13.2 Å². The molecule has 1 fully saturated rings. The van der Waals surface area contributed by atoms with Gasteiger partial charge in [-0.25, -0.2) is 0 Å². The van der Waals surface area contributed by atoms with Crippen molar-refractivity contribution < 1.29 is 9.16 Å². The molecule has 128 valence electrons. The molecule has 1 saturated heterocycles. The van der Waals surface area contributed by atoms with E-state index >= 15 is 0 Å². The molecule has 1 heterocycles. The topological polar surface area (TPSA) is 18.5 Å². The molecule has 3 atom stereocenters. The van der Waals surface area contributed by atoms with Crippen LogP contribution < -0.4 is 0 Å². The smallest absolute Gasteiger partial charge is 0.191 e. The molecule has 0 saturated carbocycles. The number of rotatable bonds is 9. The maximum absolute atomic E-state index is 6.24. The van der Waals surface area contributed by atoms with Gasteiger partial charge in [-0.3, -0.25) is 0 Å². The van der Waals surface area contributed by atoms with E-state index in [2.05, 4.69) is 53.1 Å². The van der Waals surface area contributed by atoms with E-state index in [1.165, 1.54) is 6.42 Å². The zero-order chi connectivity index (χ0) is 16.8. The molecule has 0 spiro atoms. The fourth-order valence-corrected chi connectivity index (χ4v) is 3.90. The lowest BCUT2D eigenvalue weighted by atomic mass is 9.86. The van der Waals surface area contributed by atoms with Crippen LogP contribution in [0.2, 0.25) is 18.1 Å². The number of hydrogen-bond acceptors (Lipinski definition) is 2. The molecule has 1 aliphatic rings. The summed E-state index contributed by atoms with van der Waals surface area (Å²) >= 11 is 0. The van der Waals surface area contributed by atoms with Crippen molar-refractivity contribution in [2.45, 2.75) is 70.7 Å². The largest absolute Gasteiger partial charge is 0.417 e. The second kappa shape index (κ2) is 8.46. The van der Waals surface area contributed by atoms with Gasteiger partial charge in [-0.1, -0.05) is 32.9 Å². The minimum atomic E-state index is -1.59. The highest BCUT2D eigenvalue weighted by Crippen LogP contribution is 2.37. The predicted octanol–water partition coefficient (Wildman–Crippen LogP) is 5.57. The lowest BCUT2D eigenvalue weighted by molar-refractivity contribution is 0.0803. The van der Waals surface area contributed by atoms with Crippen LogP contribution >= 0.6 is 0 Å². The van der Waals surface area contributed by atoms with E-state index in [0.717, 1.165) is 32.5 Å². The Labute approximate surface area is 139 Å². The number of hydrogen-bond donors (Lipinski definition) is 0. The monoisotopic (exact) mass is 324 g/mol. The van der Waals surface area contributed by atoms with Crippen LogP contribution in [-0.4, -0.2) is 27.6 Å². The third-order valence-electron chi connectivity index (χ3n) is 5.42. The van der Waals surface area contributed by atoms with Gasteiger partial charge in [0.15, 0.2) is 8.32 Å². The van der Waals surface area contributed by atoms with Crippen molar-refractivity contribution in [3.8, 4) is 0 Å². The fraction of sp³-hybridized carbons (Fsp3) is 0.789. The average Bonchev–Trinajstić information content (AvgIpc) is 2.80. The summed E-state index contributed by atoms with van der Waals surface area (Å²) in [5.41, 5.74) is 0. The molecule has 0 aromatic rings. The Morgan fingerprint density at radius 1 is 1.23 bits per heavy atom. The van der Waals surface area contributed by atoms with E-state index in [-0.39, 0.29) is 0 Å².